The van der Waals surface area contributed by atoms with Gasteiger partial charge in [0.15, 0.2) is 0 Å². The molecule has 0 atom stereocenters. The molecule has 0 aliphatic heterocycles. The molecule has 0 saturated heterocycles. The van der Waals surface area contributed by atoms with E-state index in [4.69, 9.17) is 0 Å². The topological polar surface area (TPSA) is 49.0 Å². The monoisotopic (exact) mass is 168 g/mol. The van der Waals surface area contributed by atoms with Gasteiger partial charge < -0.3 is 5.32 Å². The van der Waals surface area contributed by atoms with Gasteiger partial charge in [0.25, 0.3) is 5.24 Å². The molecule has 0 fully saturated rings. The van der Waals surface area contributed by atoms with Crippen LogP contribution in [0.4, 0.5) is 10.5 Å². The summed E-state index contributed by atoms with van der Waals surface area (Å²) in [5, 5.41) is 12.7. The standard InChI is InChI=1S/C7H6NO2S/c9-6-4-2-1-3-5(6)8-7(10)11/h1-4H,(H2,8,10,11). The van der Waals surface area contributed by atoms with Gasteiger partial charge in [-0.25, -0.2) is 0 Å². The van der Waals surface area contributed by atoms with Gasteiger partial charge in [-0.3, -0.25) is 9.90 Å². The molecule has 0 unspecified atom stereocenters. The maximum absolute atomic E-state index is 10.9. The normalized spacial score (nSPS) is 9.18. The lowest BCUT2D eigenvalue weighted by atomic mass is 10.3. The molecule has 1 amide bonds. The molecule has 1 N–H and O–H groups in total. The number of rotatable bonds is 1. The summed E-state index contributed by atoms with van der Waals surface area (Å²) in [5.74, 6) is -0.213. The second-order valence-corrected chi connectivity index (χ2v) is 2.33. The fourth-order valence-electron chi connectivity index (χ4n) is 0.685. The number of anilines is 1. The van der Waals surface area contributed by atoms with Gasteiger partial charge in [0, 0.05) is 0 Å². The van der Waals surface area contributed by atoms with E-state index >= 15 is 0 Å². The first-order valence-electron chi connectivity index (χ1n) is 2.96. The summed E-state index contributed by atoms with van der Waals surface area (Å²) in [6, 6.07) is 6.17. The molecule has 4 heteroatoms. The van der Waals surface area contributed by atoms with Crippen LogP contribution >= 0.6 is 12.6 Å². The molecule has 0 bridgehead atoms. The fraction of sp³-hybridized carbons (Fsp3) is 0. The van der Waals surface area contributed by atoms with Crippen LogP contribution < -0.4 is 5.32 Å². The Balaban J connectivity index is 2.86. The Hall–Kier alpha value is -1.16. The van der Waals surface area contributed by atoms with Crippen LogP contribution in [-0.4, -0.2) is 5.24 Å². The van der Waals surface area contributed by atoms with Crippen molar-refractivity contribution in [3.05, 3.63) is 24.3 Å². The summed E-state index contributed by atoms with van der Waals surface area (Å²) in [5.41, 5.74) is 0.257. The van der Waals surface area contributed by atoms with Crippen LogP contribution in [0.25, 0.3) is 0 Å². The first-order chi connectivity index (χ1) is 5.20. The lowest BCUT2D eigenvalue weighted by Gasteiger charge is -1.99. The zero-order chi connectivity index (χ0) is 8.27. The van der Waals surface area contributed by atoms with Crippen LogP contribution in [0.1, 0.15) is 0 Å². The van der Waals surface area contributed by atoms with E-state index in [1.807, 2.05) is 0 Å². The minimum atomic E-state index is -0.534. The zero-order valence-corrected chi connectivity index (χ0v) is 6.47. The van der Waals surface area contributed by atoms with Gasteiger partial charge in [-0.05, 0) is 12.1 Å². The number of amides is 1. The van der Waals surface area contributed by atoms with E-state index in [0.717, 1.165) is 0 Å². The first-order valence-corrected chi connectivity index (χ1v) is 3.41. The minimum absolute atomic E-state index is 0.213. The molecular formula is C7H6NO2S. The summed E-state index contributed by atoms with van der Waals surface area (Å²) in [6.07, 6.45) is 0. The quantitative estimate of drug-likeness (QED) is 0.621. The number of nitrogens with one attached hydrogen (secondary N) is 1. The summed E-state index contributed by atoms with van der Waals surface area (Å²) >= 11 is 3.47. The Morgan fingerprint density at radius 3 is 2.55 bits per heavy atom. The Labute approximate surface area is 69.5 Å². The lowest BCUT2D eigenvalue weighted by Crippen LogP contribution is -2.00. The number of thiol groups is 1. The highest BCUT2D eigenvalue weighted by molar-refractivity contribution is 7.96. The van der Waals surface area contributed by atoms with Crippen LogP contribution in [0.2, 0.25) is 0 Å². The molecule has 11 heavy (non-hydrogen) atoms. The summed E-state index contributed by atoms with van der Waals surface area (Å²) in [7, 11) is 0. The number of benzene rings is 1. The van der Waals surface area contributed by atoms with Gasteiger partial charge in [0.1, 0.15) is 0 Å². The van der Waals surface area contributed by atoms with Crippen molar-refractivity contribution in [3.8, 4) is 5.75 Å². The van der Waals surface area contributed by atoms with Gasteiger partial charge >= 0.3 is 0 Å². The molecule has 1 rings (SSSR count). The Kier molecular flexibility index (Phi) is 2.38. The summed E-state index contributed by atoms with van der Waals surface area (Å²) < 4.78 is 0. The van der Waals surface area contributed by atoms with Crippen LogP contribution in [0.15, 0.2) is 24.3 Å². The van der Waals surface area contributed by atoms with Gasteiger partial charge in [-0.1, -0.05) is 24.8 Å². The van der Waals surface area contributed by atoms with Crippen molar-refractivity contribution in [2.45, 2.75) is 0 Å². The molecule has 0 aliphatic rings. The van der Waals surface area contributed by atoms with Gasteiger partial charge in [0.2, 0.25) is 5.75 Å². The Morgan fingerprint density at radius 1 is 1.36 bits per heavy atom. The van der Waals surface area contributed by atoms with Crippen molar-refractivity contribution in [2.24, 2.45) is 0 Å². The van der Waals surface area contributed by atoms with Crippen LogP contribution in [0.3, 0.4) is 0 Å². The maximum atomic E-state index is 10.9. The molecule has 1 aromatic carbocycles. The second-order valence-electron chi connectivity index (χ2n) is 1.93. The van der Waals surface area contributed by atoms with Crippen molar-refractivity contribution >= 4 is 23.6 Å². The highest BCUT2D eigenvalue weighted by Crippen LogP contribution is 2.22. The Morgan fingerprint density at radius 2 is 2.00 bits per heavy atom. The molecule has 1 aromatic rings. The van der Waals surface area contributed by atoms with Crippen molar-refractivity contribution in [3.63, 3.8) is 0 Å². The molecule has 3 nitrogen and oxygen atoms in total. The van der Waals surface area contributed by atoms with Crippen molar-refractivity contribution < 1.29 is 9.90 Å². The zero-order valence-electron chi connectivity index (χ0n) is 5.57. The van der Waals surface area contributed by atoms with Crippen molar-refractivity contribution in [2.75, 3.05) is 5.32 Å². The fourth-order valence-corrected chi connectivity index (χ4v) is 0.806. The lowest BCUT2D eigenvalue weighted by molar-refractivity contribution is 0.269. The largest absolute Gasteiger partial charge is 0.314 e. The van der Waals surface area contributed by atoms with Gasteiger partial charge in [-0.2, -0.15) is 0 Å². The molecule has 0 heterocycles. The number of carbonyl (C=O) groups excluding carboxylic acids is 1. The third-order valence-electron chi connectivity index (χ3n) is 1.13. The predicted octanol–water partition coefficient (Wildman–Crippen LogP) is 2.29. The molecule has 0 spiro atoms. The molecule has 57 valence electrons. The van der Waals surface area contributed by atoms with Gasteiger partial charge in [0.05, 0.1) is 5.69 Å². The number of hydrogen-bond donors (Lipinski definition) is 2. The number of carbonyl (C=O) groups is 1. The molecule has 0 aromatic heterocycles. The van der Waals surface area contributed by atoms with Crippen molar-refractivity contribution in [1.82, 2.24) is 0 Å². The van der Waals surface area contributed by atoms with Crippen LogP contribution in [0.5, 0.6) is 5.75 Å². The Bertz CT molecular complexity index is 275. The number of para-hydroxylation sites is 2. The van der Waals surface area contributed by atoms with Crippen LogP contribution in [-0.2, 0) is 5.11 Å². The van der Waals surface area contributed by atoms with E-state index in [2.05, 4.69) is 17.9 Å². The second kappa shape index (κ2) is 3.30. The third-order valence-corrected chi connectivity index (χ3v) is 1.24. The minimum Gasteiger partial charge on any atom is -0.314 e. The van der Waals surface area contributed by atoms with E-state index in [9.17, 15) is 9.90 Å². The average Bonchev–Trinajstić information content (AvgIpc) is 1.93. The third kappa shape index (κ3) is 2.16. The molecule has 1 radical (unpaired) electrons. The SMILES string of the molecule is [O]c1ccccc1NC(=O)S. The molecular weight excluding hydrogens is 162 g/mol. The van der Waals surface area contributed by atoms with E-state index in [-0.39, 0.29) is 11.4 Å². The number of hydrogen-bond acceptors (Lipinski definition) is 1. The van der Waals surface area contributed by atoms with E-state index in [1.54, 1.807) is 12.1 Å². The van der Waals surface area contributed by atoms with Crippen LogP contribution in [0, 0.1) is 0 Å². The smallest absolute Gasteiger partial charge is 0.280 e. The maximum Gasteiger partial charge on any atom is 0.280 e. The highest BCUT2D eigenvalue weighted by Gasteiger charge is 2.01. The molecule has 0 aliphatic carbocycles. The van der Waals surface area contributed by atoms with E-state index < -0.39 is 5.24 Å². The highest BCUT2D eigenvalue weighted by atomic mass is 32.1. The predicted molar refractivity (Wildman–Crippen MR) is 44.6 cm³/mol. The van der Waals surface area contributed by atoms with Crippen molar-refractivity contribution in [1.29, 1.82) is 0 Å². The summed E-state index contributed by atoms with van der Waals surface area (Å²) in [6.45, 7) is 0. The first kappa shape index (κ1) is 7.94. The van der Waals surface area contributed by atoms with E-state index in [0.29, 0.717) is 0 Å². The van der Waals surface area contributed by atoms with E-state index in [1.165, 1.54) is 12.1 Å². The van der Waals surface area contributed by atoms with Gasteiger partial charge in [-0.15, -0.1) is 0 Å². The molecule has 0 saturated carbocycles. The summed E-state index contributed by atoms with van der Waals surface area (Å²) in [4.78, 5) is 10.4. The average molecular weight is 168 g/mol.